The van der Waals surface area contributed by atoms with Gasteiger partial charge in [0.2, 0.25) is 0 Å². The summed E-state index contributed by atoms with van der Waals surface area (Å²) in [6.45, 7) is 0.222. The maximum Gasteiger partial charge on any atom is 0.257 e. The average molecular weight is 95.1 g/mol. The summed E-state index contributed by atoms with van der Waals surface area (Å²) in [6, 6.07) is 0. The SMILES string of the molecule is CC(F)(F)CN. The van der Waals surface area contributed by atoms with Crippen molar-refractivity contribution in [2.24, 2.45) is 5.73 Å². The highest BCUT2D eigenvalue weighted by Gasteiger charge is 2.16. The molecule has 0 bridgehead atoms. The van der Waals surface area contributed by atoms with Gasteiger partial charge in [-0.2, -0.15) is 0 Å². The Balaban J connectivity index is 3.17. The normalized spacial score (nSPS) is 12.0. The summed E-state index contributed by atoms with van der Waals surface area (Å²) in [5.74, 6) is -2.68. The Labute approximate surface area is 35.1 Å². The monoisotopic (exact) mass is 95.1 g/mol. The molecule has 0 aliphatic heterocycles. The molecule has 38 valence electrons. The minimum Gasteiger partial charge on any atom is -0.325 e. The third-order valence-electron chi connectivity index (χ3n) is 0.358. The number of nitrogens with two attached hydrogens (primary N) is 1. The summed E-state index contributed by atoms with van der Waals surface area (Å²) in [4.78, 5) is 0. The van der Waals surface area contributed by atoms with Gasteiger partial charge in [0.25, 0.3) is 5.92 Å². The zero-order valence-electron chi connectivity index (χ0n) is 3.54. The molecule has 0 unspecified atom stereocenters. The van der Waals surface area contributed by atoms with E-state index in [0.717, 1.165) is 6.92 Å². The molecular formula is C3H7F2N. The second-order valence-corrected chi connectivity index (χ2v) is 1.27. The predicted octanol–water partition coefficient (Wildman–Crippen LogP) is 0.600. The second-order valence-electron chi connectivity index (χ2n) is 1.27. The van der Waals surface area contributed by atoms with E-state index in [-0.39, 0.29) is 0 Å². The molecule has 3 heteroatoms. The highest BCUT2D eigenvalue weighted by Crippen LogP contribution is 2.06. The quantitative estimate of drug-likeness (QED) is 0.507. The molecular weight excluding hydrogens is 88.0 g/mol. The molecule has 6 heavy (non-hydrogen) atoms. The van der Waals surface area contributed by atoms with Crippen LogP contribution in [0.4, 0.5) is 8.78 Å². The molecule has 0 saturated carbocycles. The van der Waals surface area contributed by atoms with Crippen molar-refractivity contribution in [3.63, 3.8) is 0 Å². The lowest BCUT2D eigenvalue weighted by Crippen LogP contribution is -2.22. The van der Waals surface area contributed by atoms with Gasteiger partial charge in [-0.1, -0.05) is 0 Å². The lowest BCUT2D eigenvalue weighted by atomic mass is 10.4. The van der Waals surface area contributed by atoms with Gasteiger partial charge in [-0.15, -0.1) is 0 Å². The summed E-state index contributed by atoms with van der Waals surface area (Å²) < 4.78 is 22.7. The average Bonchev–Trinajstić information content (AvgIpc) is 1.35. The van der Waals surface area contributed by atoms with Crippen LogP contribution in [-0.2, 0) is 0 Å². The summed E-state index contributed by atoms with van der Waals surface area (Å²) >= 11 is 0. The zero-order chi connectivity index (χ0) is 5.21. The topological polar surface area (TPSA) is 26.0 Å². The van der Waals surface area contributed by atoms with E-state index in [2.05, 4.69) is 5.73 Å². The molecule has 1 nitrogen and oxygen atoms in total. The molecule has 0 aromatic heterocycles. The van der Waals surface area contributed by atoms with E-state index in [1.807, 2.05) is 0 Å². The highest BCUT2D eigenvalue weighted by molar-refractivity contribution is 4.54. The third-order valence-corrected chi connectivity index (χ3v) is 0.358. The van der Waals surface area contributed by atoms with Gasteiger partial charge in [-0.25, -0.2) is 8.78 Å². The number of hydrogen-bond donors (Lipinski definition) is 1. The molecule has 0 radical (unpaired) electrons. The first-order valence-corrected chi connectivity index (χ1v) is 1.64. The van der Waals surface area contributed by atoms with Crippen LogP contribution >= 0.6 is 0 Å². The van der Waals surface area contributed by atoms with Crippen LogP contribution in [-0.4, -0.2) is 12.5 Å². The lowest BCUT2D eigenvalue weighted by molar-refractivity contribution is 0.0321. The molecule has 0 amide bonds. The van der Waals surface area contributed by atoms with Crippen molar-refractivity contribution in [1.82, 2.24) is 0 Å². The predicted molar refractivity (Wildman–Crippen MR) is 19.7 cm³/mol. The van der Waals surface area contributed by atoms with Crippen LogP contribution in [0.1, 0.15) is 6.92 Å². The van der Waals surface area contributed by atoms with E-state index in [1.165, 1.54) is 0 Å². The van der Waals surface area contributed by atoms with Gasteiger partial charge in [0.1, 0.15) is 0 Å². The van der Waals surface area contributed by atoms with Crippen LogP contribution in [0.3, 0.4) is 0 Å². The minimum absolute atomic E-state index is 0.562. The Morgan fingerprint density at radius 3 is 1.83 bits per heavy atom. The first-order valence-electron chi connectivity index (χ1n) is 1.64. The minimum atomic E-state index is -2.68. The molecule has 0 aromatic rings. The number of alkyl halides is 2. The van der Waals surface area contributed by atoms with E-state index in [9.17, 15) is 8.78 Å². The smallest absolute Gasteiger partial charge is 0.257 e. The molecule has 2 N–H and O–H groups in total. The number of halogens is 2. The summed E-state index contributed by atoms with van der Waals surface area (Å²) in [6.07, 6.45) is 0. The molecule has 0 spiro atoms. The standard InChI is InChI=1S/C3H7F2N/c1-3(4,5)2-6/h2,6H2,1H3. The van der Waals surface area contributed by atoms with Crippen LogP contribution < -0.4 is 5.73 Å². The highest BCUT2D eigenvalue weighted by atomic mass is 19.3. The van der Waals surface area contributed by atoms with Crippen molar-refractivity contribution >= 4 is 0 Å². The second kappa shape index (κ2) is 1.51. The van der Waals surface area contributed by atoms with Gasteiger partial charge in [0.15, 0.2) is 0 Å². The van der Waals surface area contributed by atoms with Crippen LogP contribution in [0, 0.1) is 0 Å². The Morgan fingerprint density at radius 2 is 1.83 bits per heavy atom. The largest absolute Gasteiger partial charge is 0.325 e. The van der Waals surface area contributed by atoms with Gasteiger partial charge in [0.05, 0.1) is 6.54 Å². The maximum atomic E-state index is 11.3. The summed E-state index contributed by atoms with van der Waals surface area (Å²) in [5.41, 5.74) is 4.56. The van der Waals surface area contributed by atoms with Crippen molar-refractivity contribution in [1.29, 1.82) is 0 Å². The van der Waals surface area contributed by atoms with Gasteiger partial charge < -0.3 is 5.73 Å². The number of hydrogen-bond acceptors (Lipinski definition) is 1. The molecule has 0 aliphatic carbocycles. The fourth-order valence-corrected chi connectivity index (χ4v) is 0. The molecule has 0 heterocycles. The van der Waals surface area contributed by atoms with E-state index >= 15 is 0 Å². The zero-order valence-corrected chi connectivity index (χ0v) is 3.54. The van der Waals surface area contributed by atoms with Gasteiger partial charge in [-0.3, -0.25) is 0 Å². The van der Waals surface area contributed by atoms with Crippen molar-refractivity contribution in [3.8, 4) is 0 Å². The van der Waals surface area contributed by atoms with Crippen molar-refractivity contribution in [3.05, 3.63) is 0 Å². The van der Waals surface area contributed by atoms with E-state index in [4.69, 9.17) is 0 Å². The molecule has 0 fully saturated rings. The molecule has 0 aromatic carbocycles. The van der Waals surface area contributed by atoms with E-state index in [0.29, 0.717) is 0 Å². The first-order chi connectivity index (χ1) is 2.56. The van der Waals surface area contributed by atoms with Crippen molar-refractivity contribution in [2.45, 2.75) is 12.8 Å². The lowest BCUT2D eigenvalue weighted by Gasteiger charge is -2.02. The fourth-order valence-electron chi connectivity index (χ4n) is 0. The van der Waals surface area contributed by atoms with Crippen LogP contribution in [0.5, 0.6) is 0 Å². The Kier molecular flexibility index (Phi) is 1.47. The Bertz CT molecular complexity index is 38.5. The van der Waals surface area contributed by atoms with Crippen LogP contribution in [0.25, 0.3) is 0 Å². The Hall–Kier alpha value is -0.180. The maximum absolute atomic E-state index is 11.3. The van der Waals surface area contributed by atoms with Crippen molar-refractivity contribution in [2.75, 3.05) is 6.54 Å². The molecule has 0 aliphatic rings. The van der Waals surface area contributed by atoms with Crippen LogP contribution in [0.2, 0.25) is 0 Å². The molecule has 0 rings (SSSR count). The summed E-state index contributed by atoms with van der Waals surface area (Å²) in [7, 11) is 0. The van der Waals surface area contributed by atoms with Crippen LogP contribution in [0.15, 0.2) is 0 Å². The molecule has 0 atom stereocenters. The van der Waals surface area contributed by atoms with Gasteiger partial charge in [-0.05, 0) is 0 Å². The first kappa shape index (κ1) is 5.82. The van der Waals surface area contributed by atoms with E-state index in [1.54, 1.807) is 0 Å². The number of rotatable bonds is 1. The Morgan fingerprint density at radius 1 is 1.67 bits per heavy atom. The third kappa shape index (κ3) is 3.82. The molecule has 0 saturated heterocycles. The summed E-state index contributed by atoms with van der Waals surface area (Å²) in [5, 5.41) is 0. The fraction of sp³-hybridized carbons (Fsp3) is 1.00. The van der Waals surface area contributed by atoms with Crippen molar-refractivity contribution < 1.29 is 8.78 Å². The van der Waals surface area contributed by atoms with Gasteiger partial charge in [0, 0.05) is 6.92 Å². The van der Waals surface area contributed by atoms with E-state index < -0.39 is 12.5 Å². The van der Waals surface area contributed by atoms with Gasteiger partial charge >= 0.3 is 0 Å².